The van der Waals surface area contributed by atoms with Crippen LogP contribution in [0.3, 0.4) is 0 Å². The Morgan fingerprint density at radius 1 is 0.950 bits per heavy atom. The third-order valence-electron chi connectivity index (χ3n) is 7.76. The van der Waals surface area contributed by atoms with E-state index in [0.29, 0.717) is 13.2 Å². The zero-order valence-corrected chi connectivity index (χ0v) is 22.9. The number of halogens is 1. The summed E-state index contributed by atoms with van der Waals surface area (Å²) in [6.45, 7) is 4.90. The van der Waals surface area contributed by atoms with Crippen molar-refractivity contribution in [3.63, 3.8) is 0 Å². The topological polar surface area (TPSA) is 56.2 Å². The zero-order chi connectivity index (χ0) is 27.9. The minimum atomic E-state index is -0.243. The maximum atomic E-state index is 13.6. The summed E-state index contributed by atoms with van der Waals surface area (Å²) in [5.41, 5.74) is 5.71. The molecule has 2 N–H and O–H groups in total. The molecular weight excluding hydrogens is 503 g/mol. The number of benzene rings is 4. The molecule has 1 aliphatic heterocycles. The van der Waals surface area contributed by atoms with Crippen LogP contribution >= 0.6 is 0 Å². The smallest absolute Gasteiger partial charge is 0.123 e. The number of anilines is 1. The van der Waals surface area contributed by atoms with Crippen molar-refractivity contribution in [2.45, 2.75) is 38.4 Å². The van der Waals surface area contributed by atoms with Crippen molar-refractivity contribution in [3.8, 4) is 11.5 Å². The number of nitrogens with zero attached hydrogens (tertiary/aromatic N) is 2. The molecule has 0 saturated heterocycles. The first-order valence-electron chi connectivity index (χ1n) is 13.9. The zero-order valence-electron chi connectivity index (χ0n) is 22.9. The number of aliphatic hydroxyl groups is 1. The van der Waals surface area contributed by atoms with Gasteiger partial charge in [-0.15, -0.1) is 0 Å². The Balaban J connectivity index is 1.25. The van der Waals surface area contributed by atoms with E-state index in [2.05, 4.69) is 34.1 Å². The number of rotatable bonds is 11. The molecule has 0 fully saturated rings. The molecule has 5 rings (SSSR count). The molecule has 4 aromatic rings. The van der Waals surface area contributed by atoms with Gasteiger partial charge in [-0.1, -0.05) is 48.5 Å². The number of aromatic hydroxyl groups is 1. The lowest BCUT2D eigenvalue weighted by Gasteiger charge is -2.39. The summed E-state index contributed by atoms with van der Waals surface area (Å²) in [6, 6.07) is 30.9. The monoisotopic (exact) mass is 540 g/mol. The summed E-state index contributed by atoms with van der Waals surface area (Å²) in [5, 5.41) is 19.8. The van der Waals surface area contributed by atoms with Gasteiger partial charge in [0.25, 0.3) is 0 Å². The normalized spacial score (nSPS) is 15.6. The minimum Gasteiger partial charge on any atom is -0.508 e. The lowest BCUT2D eigenvalue weighted by molar-refractivity contribution is 0.110. The van der Waals surface area contributed by atoms with E-state index in [-0.39, 0.29) is 30.3 Å². The van der Waals surface area contributed by atoms with Gasteiger partial charge in [0, 0.05) is 31.4 Å². The van der Waals surface area contributed by atoms with Crippen molar-refractivity contribution in [2.24, 2.45) is 0 Å². The highest BCUT2D eigenvalue weighted by Crippen LogP contribution is 2.37. The first kappa shape index (κ1) is 27.7. The van der Waals surface area contributed by atoms with Gasteiger partial charge in [0.15, 0.2) is 0 Å². The predicted molar refractivity (Wildman–Crippen MR) is 157 cm³/mol. The maximum absolute atomic E-state index is 13.6. The van der Waals surface area contributed by atoms with E-state index in [1.54, 1.807) is 6.07 Å². The average molecular weight is 541 g/mol. The van der Waals surface area contributed by atoms with Crippen molar-refractivity contribution >= 4 is 5.69 Å². The summed E-state index contributed by atoms with van der Waals surface area (Å²) in [4.78, 5) is 4.55. The molecule has 0 aliphatic carbocycles. The highest BCUT2D eigenvalue weighted by atomic mass is 19.1. The fourth-order valence-corrected chi connectivity index (χ4v) is 5.47. The summed E-state index contributed by atoms with van der Waals surface area (Å²) in [5.74, 6) is 0.849. The number of fused-ring (bicyclic) bond motifs is 1. The van der Waals surface area contributed by atoms with Crippen molar-refractivity contribution in [1.82, 2.24) is 4.90 Å². The van der Waals surface area contributed by atoms with Gasteiger partial charge < -0.3 is 19.8 Å². The molecule has 0 radical (unpaired) electrons. The van der Waals surface area contributed by atoms with Crippen LogP contribution in [0.2, 0.25) is 0 Å². The van der Waals surface area contributed by atoms with Crippen LogP contribution in [0.15, 0.2) is 97.1 Å². The van der Waals surface area contributed by atoms with Crippen LogP contribution < -0.4 is 9.64 Å². The number of hydrogen-bond acceptors (Lipinski definition) is 5. The molecule has 208 valence electrons. The van der Waals surface area contributed by atoms with Gasteiger partial charge in [-0.05, 0) is 90.6 Å². The van der Waals surface area contributed by atoms with Crippen molar-refractivity contribution < 1.29 is 19.3 Å². The van der Waals surface area contributed by atoms with Crippen LogP contribution in [0, 0.1) is 5.82 Å². The van der Waals surface area contributed by atoms with Crippen molar-refractivity contribution in [1.29, 1.82) is 0 Å². The van der Waals surface area contributed by atoms with Gasteiger partial charge in [-0.3, -0.25) is 4.90 Å². The second-order valence-corrected chi connectivity index (χ2v) is 10.5. The van der Waals surface area contributed by atoms with Gasteiger partial charge in [0.1, 0.15) is 23.9 Å². The van der Waals surface area contributed by atoms with E-state index in [1.807, 2.05) is 61.5 Å². The van der Waals surface area contributed by atoms with Crippen LogP contribution in [0.25, 0.3) is 0 Å². The fraction of sp³-hybridized carbons (Fsp3) is 0.294. The predicted octanol–water partition coefficient (Wildman–Crippen LogP) is 6.14. The van der Waals surface area contributed by atoms with E-state index >= 15 is 0 Å². The Morgan fingerprint density at radius 3 is 2.42 bits per heavy atom. The Morgan fingerprint density at radius 2 is 1.70 bits per heavy atom. The standard InChI is InChI=1S/C34H37FN2O3/c1-25(24-38)36(23-27-5-3-2-4-6-27)19-20-40-32-14-7-26(8-15-32)21-34-33-16-13-31(39)22-28(33)17-18-37(34)30-11-9-29(35)10-12-30/h2-16,22,25,34,38-39H,17-21,23-24H2,1H3. The minimum absolute atomic E-state index is 0.0375. The van der Waals surface area contributed by atoms with Crippen LogP contribution in [-0.2, 0) is 19.4 Å². The SMILES string of the molecule is CC(CO)N(CCOc1ccc(CC2c3ccc(O)cc3CCN2c2ccc(F)cc2)cc1)Cc1ccccc1. The molecule has 40 heavy (non-hydrogen) atoms. The molecule has 2 atom stereocenters. The van der Waals surface area contributed by atoms with E-state index in [1.165, 1.54) is 28.8 Å². The third kappa shape index (κ3) is 6.82. The Labute approximate surface area is 236 Å². The summed E-state index contributed by atoms with van der Waals surface area (Å²) in [7, 11) is 0. The number of phenolic OH excluding ortho intramolecular Hbond substituents is 1. The summed E-state index contributed by atoms with van der Waals surface area (Å²) < 4.78 is 19.7. The average Bonchev–Trinajstić information content (AvgIpc) is 2.98. The van der Waals surface area contributed by atoms with Crippen molar-refractivity contribution in [3.05, 3.63) is 125 Å². The van der Waals surface area contributed by atoms with Crippen LogP contribution in [0.5, 0.6) is 11.5 Å². The summed E-state index contributed by atoms with van der Waals surface area (Å²) >= 11 is 0. The molecule has 0 bridgehead atoms. The highest BCUT2D eigenvalue weighted by Gasteiger charge is 2.28. The lowest BCUT2D eigenvalue weighted by atomic mass is 9.88. The van der Waals surface area contributed by atoms with Gasteiger partial charge >= 0.3 is 0 Å². The van der Waals surface area contributed by atoms with Crippen molar-refractivity contribution in [2.75, 3.05) is 31.2 Å². The van der Waals surface area contributed by atoms with Gasteiger partial charge in [0.05, 0.1) is 12.6 Å². The van der Waals surface area contributed by atoms with E-state index in [4.69, 9.17) is 4.74 Å². The molecule has 1 aliphatic rings. The van der Waals surface area contributed by atoms with E-state index in [9.17, 15) is 14.6 Å². The highest BCUT2D eigenvalue weighted by molar-refractivity contribution is 5.53. The quantitative estimate of drug-likeness (QED) is 0.239. The third-order valence-corrected chi connectivity index (χ3v) is 7.76. The lowest BCUT2D eigenvalue weighted by Crippen LogP contribution is -2.38. The fourth-order valence-electron chi connectivity index (χ4n) is 5.47. The van der Waals surface area contributed by atoms with E-state index < -0.39 is 0 Å². The Kier molecular flexibility index (Phi) is 8.99. The van der Waals surface area contributed by atoms with Gasteiger partial charge in [0.2, 0.25) is 0 Å². The number of ether oxygens (including phenoxy) is 1. The molecule has 6 heteroatoms. The molecule has 0 aromatic heterocycles. The number of aliphatic hydroxyl groups excluding tert-OH is 1. The first-order chi connectivity index (χ1) is 19.5. The molecule has 4 aromatic carbocycles. The molecule has 0 spiro atoms. The van der Waals surface area contributed by atoms with E-state index in [0.717, 1.165) is 42.9 Å². The second kappa shape index (κ2) is 13.0. The molecule has 0 amide bonds. The number of phenols is 1. The Bertz CT molecular complexity index is 1360. The van der Waals surface area contributed by atoms with Gasteiger partial charge in [-0.25, -0.2) is 4.39 Å². The first-order valence-corrected chi connectivity index (χ1v) is 13.9. The molecule has 0 saturated carbocycles. The second-order valence-electron chi connectivity index (χ2n) is 10.5. The molecule has 2 unspecified atom stereocenters. The van der Waals surface area contributed by atoms with Crippen LogP contribution in [-0.4, -0.2) is 47.5 Å². The van der Waals surface area contributed by atoms with Crippen LogP contribution in [0.1, 0.15) is 35.2 Å². The number of hydrogen-bond donors (Lipinski definition) is 2. The molecule has 5 nitrogen and oxygen atoms in total. The largest absolute Gasteiger partial charge is 0.508 e. The van der Waals surface area contributed by atoms with Crippen LogP contribution in [0.4, 0.5) is 10.1 Å². The maximum Gasteiger partial charge on any atom is 0.123 e. The Hall–Kier alpha value is -3.87. The molecular formula is C34H37FN2O3. The molecule has 1 heterocycles. The van der Waals surface area contributed by atoms with Gasteiger partial charge in [-0.2, -0.15) is 0 Å². The summed E-state index contributed by atoms with van der Waals surface area (Å²) in [6.07, 6.45) is 1.59.